The molecular formula is C18H24FN3O. The Hall–Kier alpha value is -1.75. The monoisotopic (exact) mass is 317 g/mol. The highest BCUT2D eigenvalue weighted by Crippen LogP contribution is 2.33. The van der Waals surface area contributed by atoms with Crippen molar-refractivity contribution in [1.82, 2.24) is 14.9 Å². The highest BCUT2D eigenvalue weighted by Gasteiger charge is 2.33. The first-order valence-corrected chi connectivity index (χ1v) is 8.37. The molecule has 0 N–H and O–H groups in total. The van der Waals surface area contributed by atoms with Crippen LogP contribution in [-0.2, 0) is 0 Å². The van der Waals surface area contributed by atoms with Crippen LogP contribution in [0.1, 0.15) is 25.7 Å². The van der Waals surface area contributed by atoms with Gasteiger partial charge >= 0.3 is 6.01 Å². The number of allylic oxidation sites excluding steroid dienone is 3. The van der Waals surface area contributed by atoms with Crippen LogP contribution in [0.5, 0.6) is 6.01 Å². The van der Waals surface area contributed by atoms with Crippen LogP contribution in [0.3, 0.4) is 0 Å². The Morgan fingerprint density at radius 1 is 1.26 bits per heavy atom. The molecule has 0 amide bonds. The van der Waals surface area contributed by atoms with E-state index in [1.165, 1.54) is 12.8 Å². The van der Waals surface area contributed by atoms with Crippen LogP contribution in [0.4, 0.5) is 4.39 Å². The Kier molecular flexibility index (Phi) is 5.39. The summed E-state index contributed by atoms with van der Waals surface area (Å²) in [7, 11) is 0. The number of ether oxygens (including phenoxy) is 1. The van der Waals surface area contributed by atoms with Gasteiger partial charge in [0.2, 0.25) is 0 Å². The van der Waals surface area contributed by atoms with Crippen molar-refractivity contribution in [2.24, 2.45) is 11.8 Å². The number of likely N-dealkylation sites (tertiary alicyclic amines) is 1. The number of aromatic nitrogens is 2. The molecule has 5 heteroatoms. The molecule has 0 saturated carbocycles. The van der Waals surface area contributed by atoms with Gasteiger partial charge in [-0.25, -0.2) is 14.4 Å². The standard InChI is InChI=1S/C18H24FN3O/c1-2-3-8-17(23-18-20-9-16(19)10-21-18)13-22-11-14-6-4-5-7-15(14)12-22/h2,4-5,9-10,14-15,17H,1,3,6-8,11-13H2/t14-,15+,17-/m0/s1. The highest BCUT2D eigenvalue weighted by atomic mass is 19.1. The first-order valence-electron chi connectivity index (χ1n) is 8.37. The van der Waals surface area contributed by atoms with E-state index in [9.17, 15) is 4.39 Å². The van der Waals surface area contributed by atoms with Crippen molar-refractivity contribution in [3.63, 3.8) is 0 Å². The summed E-state index contributed by atoms with van der Waals surface area (Å²) in [6, 6.07) is 0.249. The van der Waals surface area contributed by atoms with Crippen LogP contribution in [0.15, 0.2) is 37.2 Å². The summed E-state index contributed by atoms with van der Waals surface area (Å²) in [4.78, 5) is 10.3. The van der Waals surface area contributed by atoms with Crippen molar-refractivity contribution in [3.05, 3.63) is 43.0 Å². The molecule has 1 saturated heterocycles. The van der Waals surface area contributed by atoms with Gasteiger partial charge in [0.25, 0.3) is 0 Å². The fraction of sp³-hybridized carbons (Fsp3) is 0.556. The molecule has 1 fully saturated rings. The molecule has 0 spiro atoms. The normalized spacial score (nSPS) is 25.1. The molecule has 0 radical (unpaired) electrons. The van der Waals surface area contributed by atoms with E-state index in [1.807, 2.05) is 6.08 Å². The molecule has 1 aliphatic carbocycles. The topological polar surface area (TPSA) is 38.2 Å². The van der Waals surface area contributed by atoms with E-state index in [4.69, 9.17) is 4.74 Å². The molecule has 3 rings (SSSR count). The summed E-state index contributed by atoms with van der Waals surface area (Å²) in [5, 5.41) is 0. The number of hydrogen-bond acceptors (Lipinski definition) is 4. The Bertz CT molecular complexity index is 530. The number of nitrogens with zero attached hydrogens (tertiary/aromatic N) is 3. The maximum absolute atomic E-state index is 12.9. The Balaban J connectivity index is 1.58. The number of halogens is 1. The molecule has 1 aliphatic heterocycles. The van der Waals surface area contributed by atoms with Gasteiger partial charge in [-0.1, -0.05) is 18.2 Å². The Labute approximate surface area is 137 Å². The van der Waals surface area contributed by atoms with E-state index in [0.29, 0.717) is 0 Å². The Morgan fingerprint density at radius 3 is 2.52 bits per heavy atom. The van der Waals surface area contributed by atoms with Crippen molar-refractivity contribution in [2.45, 2.75) is 31.8 Å². The van der Waals surface area contributed by atoms with Gasteiger partial charge in [-0.05, 0) is 37.5 Å². The average molecular weight is 317 g/mol. The van der Waals surface area contributed by atoms with Crippen LogP contribution in [0.25, 0.3) is 0 Å². The molecule has 2 aliphatic rings. The zero-order valence-corrected chi connectivity index (χ0v) is 13.4. The fourth-order valence-corrected chi connectivity index (χ4v) is 3.55. The zero-order chi connectivity index (χ0) is 16.1. The van der Waals surface area contributed by atoms with E-state index in [1.54, 1.807) is 0 Å². The van der Waals surface area contributed by atoms with Crippen molar-refractivity contribution in [1.29, 1.82) is 0 Å². The number of fused-ring (bicyclic) bond motifs is 1. The van der Waals surface area contributed by atoms with Gasteiger partial charge in [0.1, 0.15) is 6.10 Å². The van der Waals surface area contributed by atoms with Gasteiger partial charge in [0.15, 0.2) is 5.82 Å². The van der Waals surface area contributed by atoms with E-state index in [-0.39, 0.29) is 12.1 Å². The predicted molar refractivity (Wildman–Crippen MR) is 87.6 cm³/mol. The predicted octanol–water partition coefficient (Wildman–Crippen LogP) is 3.23. The van der Waals surface area contributed by atoms with E-state index < -0.39 is 5.82 Å². The minimum atomic E-state index is -0.448. The van der Waals surface area contributed by atoms with E-state index in [0.717, 1.165) is 56.7 Å². The maximum Gasteiger partial charge on any atom is 0.316 e. The molecular weight excluding hydrogens is 293 g/mol. The van der Waals surface area contributed by atoms with Crippen molar-refractivity contribution in [2.75, 3.05) is 19.6 Å². The number of hydrogen-bond donors (Lipinski definition) is 0. The van der Waals surface area contributed by atoms with Gasteiger partial charge in [-0.2, -0.15) is 0 Å². The molecule has 1 aromatic rings. The maximum atomic E-state index is 12.9. The third-order valence-electron chi connectivity index (χ3n) is 4.72. The zero-order valence-electron chi connectivity index (χ0n) is 13.4. The molecule has 1 aromatic heterocycles. The summed E-state index contributed by atoms with van der Waals surface area (Å²) in [5.41, 5.74) is 0. The molecule has 3 atom stereocenters. The summed E-state index contributed by atoms with van der Waals surface area (Å²) in [6.07, 6.45) is 12.9. The van der Waals surface area contributed by atoms with Crippen molar-refractivity contribution < 1.29 is 9.13 Å². The van der Waals surface area contributed by atoms with Crippen LogP contribution < -0.4 is 4.74 Å². The first-order chi connectivity index (χ1) is 11.2. The second-order valence-electron chi connectivity index (χ2n) is 6.47. The van der Waals surface area contributed by atoms with Gasteiger partial charge < -0.3 is 4.74 Å². The molecule has 0 aromatic carbocycles. The first kappa shape index (κ1) is 16.1. The lowest BCUT2D eigenvalue weighted by atomic mass is 9.86. The molecule has 23 heavy (non-hydrogen) atoms. The third-order valence-corrected chi connectivity index (χ3v) is 4.72. The van der Waals surface area contributed by atoms with Gasteiger partial charge in [-0.3, -0.25) is 4.90 Å². The lowest BCUT2D eigenvalue weighted by Crippen LogP contribution is -2.35. The van der Waals surface area contributed by atoms with Crippen LogP contribution >= 0.6 is 0 Å². The van der Waals surface area contributed by atoms with Crippen molar-refractivity contribution in [3.8, 4) is 6.01 Å². The molecule has 124 valence electrons. The second-order valence-corrected chi connectivity index (χ2v) is 6.47. The smallest absolute Gasteiger partial charge is 0.316 e. The Morgan fingerprint density at radius 2 is 1.91 bits per heavy atom. The molecule has 4 nitrogen and oxygen atoms in total. The van der Waals surface area contributed by atoms with E-state index in [2.05, 4.69) is 33.6 Å². The molecule has 0 bridgehead atoms. The fourth-order valence-electron chi connectivity index (χ4n) is 3.55. The van der Waals surface area contributed by atoms with Crippen LogP contribution in [0.2, 0.25) is 0 Å². The third kappa shape index (κ3) is 4.38. The summed E-state index contributed by atoms with van der Waals surface area (Å²) in [6.45, 7) is 6.91. The molecule has 2 heterocycles. The highest BCUT2D eigenvalue weighted by molar-refractivity contribution is 5.00. The van der Waals surface area contributed by atoms with Gasteiger partial charge in [0, 0.05) is 19.6 Å². The van der Waals surface area contributed by atoms with Crippen LogP contribution in [-0.4, -0.2) is 40.6 Å². The van der Waals surface area contributed by atoms with E-state index >= 15 is 0 Å². The lowest BCUT2D eigenvalue weighted by molar-refractivity contribution is 0.125. The SMILES string of the molecule is C=CCC[C@@H](CN1C[C@H]2CC=CC[C@H]2C1)Oc1ncc(F)cn1. The summed E-state index contributed by atoms with van der Waals surface area (Å²) < 4.78 is 18.8. The van der Waals surface area contributed by atoms with Crippen LogP contribution in [0, 0.1) is 17.7 Å². The quantitative estimate of drug-likeness (QED) is 0.724. The summed E-state index contributed by atoms with van der Waals surface area (Å²) in [5.74, 6) is 1.11. The number of rotatable bonds is 7. The second kappa shape index (κ2) is 7.68. The molecule has 0 unspecified atom stereocenters. The minimum Gasteiger partial charge on any atom is -0.459 e. The lowest BCUT2D eigenvalue weighted by Gasteiger charge is -2.23. The minimum absolute atomic E-state index is 0.00609. The summed E-state index contributed by atoms with van der Waals surface area (Å²) >= 11 is 0. The van der Waals surface area contributed by atoms with Gasteiger partial charge in [-0.15, -0.1) is 6.58 Å². The van der Waals surface area contributed by atoms with Gasteiger partial charge in [0.05, 0.1) is 12.4 Å². The average Bonchev–Trinajstić information content (AvgIpc) is 2.97. The largest absolute Gasteiger partial charge is 0.459 e. The van der Waals surface area contributed by atoms with Crippen molar-refractivity contribution >= 4 is 0 Å².